The number of phenolic OH excluding ortho intramolecular Hbond substituents is 1. The van der Waals surface area contributed by atoms with E-state index in [0.717, 1.165) is 22.4 Å². The molecular formula is C16H21NO2. The lowest BCUT2D eigenvalue weighted by atomic mass is 9.81. The van der Waals surface area contributed by atoms with Crippen LogP contribution in [-0.2, 0) is 10.2 Å². The predicted molar refractivity (Wildman–Crippen MR) is 77.7 cm³/mol. The Labute approximate surface area is 114 Å². The molecule has 102 valence electrons. The minimum Gasteiger partial charge on any atom is -0.507 e. The fourth-order valence-electron chi connectivity index (χ4n) is 2.58. The summed E-state index contributed by atoms with van der Waals surface area (Å²) in [5.41, 5.74) is 3.58. The summed E-state index contributed by atoms with van der Waals surface area (Å²) < 4.78 is 0. The molecule has 1 unspecified atom stereocenters. The van der Waals surface area contributed by atoms with E-state index in [-0.39, 0.29) is 17.6 Å². The van der Waals surface area contributed by atoms with Crippen LogP contribution < -0.4 is 5.32 Å². The number of phenols is 1. The van der Waals surface area contributed by atoms with Crippen LogP contribution >= 0.6 is 0 Å². The number of rotatable bonds is 2. The minimum atomic E-state index is -0.699. The second-order valence-corrected chi connectivity index (χ2v) is 6.03. The van der Waals surface area contributed by atoms with Crippen molar-refractivity contribution in [2.24, 2.45) is 0 Å². The molecule has 1 amide bonds. The summed E-state index contributed by atoms with van der Waals surface area (Å²) in [6, 6.07) is 1.94. The number of hydrogen-bond donors (Lipinski definition) is 2. The van der Waals surface area contributed by atoms with Crippen LogP contribution in [0.4, 0.5) is 5.69 Å². The Morgan fingerprint density at radius 1 is 1.47 bits per heavy atom. The topological polar surface area (TPSA) is 49.3 Å². The molecule has 1 aromatic carbocycles. The van der Waals surface area contributed by atoms with Gasteiger partial charge in [0.25, 0.3) is 0 Å². The summed E-state index contributed by atoms with van der Waals surface area (Å²) in [6.07, 6.45) is 0. The summed E-state index contributed by atoms with van der Waals surface area (Å²) in [5, 5.41) is 13.4. The Kier molecular flexibility index (Phi) is 2.96. The molecule has 0 saturated heterocycles. The number of nitrogens with one attached hydrogen (secondary N) is 1. The molecule has 3 heteroatoms. The van der Waals surface area contributed by atoms with E-state index in [1.165, 1.54) is 0 Å². The third-order valence-electron chi connectivity index (χ3n) is 4.16. The first-order valence-electron chi connectivity index (χ1n) is 6.51. The molecule has 0 fully saturated rings. The van der Waals surface area contributed by atoms with Crippen LogP contribution in [0.1, 0.15) is 50.3 Å². The van der Waals surface area contributed by atoms with Gasteiger partial charge in [-0.15, -0.1) is 0 Å². The van der Waals surface area contributed by atoms with E-state index in [1.54, 1.807) is 0 Å². The van der Waals surface area contributed by atoms with Crippen molar-refractivity contribution in [3.05, 3.63) is 34.9 Å². The van der Waals surface area contributed by atoms with E-state index < -0.39 is 5.41 Å². The molecule has 1 aliphatic rings. The van der Waals surface area contributed by atoms with Gasteiger partial charge in [-0.1, -0.05) is 19.1 Å². The third-order valence-corrected chi connectivity index (χ3v) is 4.16. The highest BCUT2D eigenvalue weighted by Crippen LogP contribution is 2.48. The zero-order valence-corrected chi connectivity index (χ0v) is 12.2. The minimum absolute atomic E-state index is 0.0653. The van der Waals surface area contributed by atoms with Crippen molar-refractivity contribution in [1.29, 1.82) is 0 Å². The third kappa shape index (κ3) is 1.84. The molecule has 0 spiro atoms. The second kappa shape index (κ2) is 4.12. The number of benzene rings is 1. The van der Waals surface area contributed by atoms with Crippen molar-refractivity contribution in [2.45, 2.75) is 46.0 Å². The molecule has 1 aromatic rings. The lowest BCUT2D eigenvalue weighted by Crippen LogP contribution is -2.27. The number of fused-ring (bicyclic) bond motifs is 1. The predicted octanol–water partition coefficient (Wildman–Crippen LogP) is 3.61. The maximum atomic E-state index is 12.0. The number of aryl methyl sites for hydroxylation is 1. The van der Waals surface area contributed by atoms with Crippen molar-refractivity contribution in [2.75, 3.05) is 5.32 Å². The van der Waals surface area contributed by atoms with Crippen molar-refractivity contribution in [3.63, 3.8) is 0 Å². The average Bonchev–Trinajstić information content (AvgIpc) is 2.55. The Hall–Kier alpha value is -1.77. The van der Waals surface area contributed by atoms with Crippen LogP contribution in [0.3, 0.4) is 0 Å². The Morgan fingerprint density at radius 2 is 2.05 bits per heavy atom. The lowest BCUT2D eigenvalue weighted by Gasteiger charge is -2.22. The highest BCUT2D eigenvalue weighted by atomic mass is 16.3. The van der Waals surface area contributed by atoms with Crippen LogP contribution in [0.2, 0.25) is 0 Å². The smallest absolute Gasteiger partial charge is 0.234 e. The number of anilines is 1. The molecule has 0 aliphatic carbocycles. The monoisotopic (exact) mass is 259 g/mol. The second-order valence-electron chi connectivity index (χ2n) is 6.03. The maximum absolute atomic E-state index is 12.0. The fourth-order valence-corrected chi connectivity index (χ4v) is 2.58. The summed E-state index contributed by atoms with van der Waals surface area (Å²) in [4.78, 5) is 12.0. The average molecular weight is 259 g/mol. The van der Waals surface area contributed by atoms with E-state index in [2.05, 4.69) is 11.9 Å². The maximum Gasteiger partial charge on any atom is 0.234 e. The van der Waals surface area contributed by atoms with Crippen LogP contribution in [0.25, 0.3) is 0 Å². The highest BCUT2D eigenvalue weighted by Gasteiger charge is 2.42. The Morgan fingerprint density at radius 3 is 2.58 bits per heavy atom. The van der Waals surface area contributed by atoms with E-state index in [4.69, 9.17) is 0 Å². The lowest BCUT2D eigenvalue weighted by molar-refractivity contribution is -0.119. The largest absolute Gasteiger partial charge is 0.507 e. The van der Waals surface area contributed by atoms with Gasteiger partial charge in [0.1, 0.15) is 5.75 Å². The molecule has 0 aromatic heterocycles. The van der Waals surface area contributed by atoms with Gasteiger partial charge in [-0.2, -0.15) is 0 Å². The molecule has 2 N–H and O–H groups in total. The van der Waals surface area contributed by atoms with Crippen molar-refractivity contribution in [1.82, 2.24) is 0 Å². The number of hydrogen-bond acceptors (Lipinski definition) is 2. The molecule has 2 rings (SSSR count). The molecule has 1 aliphatic heterocycles. The number of aromatic hydroxyl groups is 1. The fraction of sp³-hybridized carbons (Fsp3) is 0.438. The number of carbonyl (C=O) groups excluding carboxylic acids is 1. The van der Waals surface area contributed by atoms with Gasteiger partial charge in [0.2, 0.25) is 5.91 Å². The Balaban J connectivity index is 2.73. The normalized spacial score (nSPS) is 17.8. The van der Waals surface area contributed by atoms with Gasteiger partial charge < -0.3 is 10.4 Å². The van der Waals surface area contributed by atoms with Crippen molar-refractivity contribution < 1.29 is 9.90 Å². The number of amides is 1. The van der Waals surface area contributed by atoms with Crippen LogP contribution in [0.5, 0.6) is 5.75 Å². The zero-order chi connectivity index (χ0) is 14.5. The molecule has 1 heterocycles. The van der Waals surface area contributed by atoms with Crippen LogP contribution in [-0.4, -0.2) is 11.0 Å². The molecule has 3 nitrogen and oxygen atoms in total. The van der Waals surface area contributed by atoms with Gasteiger partial charge in [-0.25, -0.2) is 0 Å². The first-order valence-corrected chi connectivity index (χ1v) is 6.51. The van der Waals surface area contributed by atoms with Crippen molar-refractivity contribution in [3.8, 4) is 5.75 Å². The van der Waals surface area contributed by atoms with Gasteiger partial charge in [0.05, 0.1) is 11.1 Å². The quantitative estimate of drug-likeness (QED) is 0.797. The number of allylic oxidation sites excluding steroid dienone is 1. The molecule has 0 saturated carbocycles. The van der Waals surface area contributed by atoms with Crippen LogP contribution in [0, 0.1) is 6.92 Å². The van der Waals surface area contributed by atoms with Crippen molar-refractivity contribution >= 4 is 11.6 Å². The first kappa shape index (κ1) is 13.7. The van der Waals surface area contributed by atoms with Gasteiger partial charge >= 0.3 is 0 Å². The van der Waals surface area contributed by atoms with Gasteiger partial charge in [-0.3, -0.25) is 4.79 Å². The molecule has 0 bridgehead atoms. The molecule has 0 radical (unpaired) electrons. The molecular weight excluding hydrogens is 238 g/mol. The zero-order valence-electron chi connectivity index (χ0n) is 12.2. The highest BCUT2D eigenvalue weighted by molar-refractivity contribution is 6.07. The first-order chi connectivity index (χ1) is 8.67. The van der Waals surface area contributed by atoms with Crippen LogP contribution in [0.15, 0.2) is 18.2 Å². The van der Waals surface area contributed by atoms with E-state index in [9.17, 15) is 9.90 Å². The van der Waals surface area contributed by atoms with Gasteiger partial charge in [-0.05, 0) is 39.3 Å². The number of carbonyl (C=O) groups is 1. The van der Waals surface area contributed by atoms with Gasteiger partial charge in [0, 0.05) is 17.0 Å². The Bertz CT molecular complexity index is 585. The van der Waals surface area contributed by atoms with Gasteiger partial charge in [0.15, 0.2) is 0 Å². The summed E-state index contributed by atoms with van der Waals surface area (Å²) in [7, 11) is 0. The molecule has 1 atom stereocenters. The van der Waals surface area contributed by atoms with E-state index in [0.29, 0.717) is 5.56 Å². The van der Waals surface area contributed by atoms with E-state index in [1.807, 2.05) is 40.7 Å². The molecule has 19 heavy (non-hydrogen) atoms. The SMILES string of the molecule is C=C(C)C(C)c1cc(C)c2c(c1O)C(C)(C)C(=O)N2. The summed E-state index contributed by atoms with van der Waals surface area (Å²) in [6.45, 7) is 13.5. The summed E-state index contributed by atoms with van der Waals surface area (Å²) >= 11 is 0. The summed E-state index contributed by atoms with van der Waals surface area (Å²) in [5.74, 6) is 0.219. The van der Waals surface area contributed by atoms with E-state index >= 15 is 0 Å². The standard InChI is InChI=1S/C16H21NO2/c1-8(2)10(4)11-7-9(3)13-12(14(11)18)16(5,6)15(19)17-13/h7,10,18H,1H2,2-6H3,(H,17,19).